The highest BCUT2D eigenvalue weighted by Crippen LogP contribution is 2.20. The summed E-state index contributed by atoms with van der Waals surface area (Å²) >= 11 is 0. The third-order valence-electron chi connectivity index (χ3n) is 4.86. The number of carbonyl (C=O) groups excluding carboxylic acids is 2. The van der Waals surface area contributed by atoms with Gasteiger partial charge in [0.15, 0.2) is 0 Å². The van der Waals surface area contributed by atoms with Gasteiger partial charge in [0.05, 0.1) is 5.75 Å². The van der Waals surface area contributed by atoms with Crippen molar-refractivity contribution < 1.29 is 18.0 Å². The lowest BCUT2D eigenvalue weighted by Crippen LogP contribution is -2.44. The summed E-state index contributed by atoms with van der Waals surface area (Å²) in [7, 11) is -3.21. The maximum absolute atomic E-state index is 12.3. The number of rotatable bonds is 10. The maximum Gasteiger partial charge on any atom is 0.223 e. The Bertz CT molecular complexity index is 732. The lowest BCUT2D eigenvalue weighted by molar-refractivity contribution is -0.126. The second kappa shape index (κ2) is 11.1. The zero-order valence-corrected chi connectivity index (χ0v) is 17.2. The number of sulfonamides is 1. The standard InChI is InChI=1S/C19H30N4O4S/c1-2-3-14-28(26,27)23-12-7-17(8-13-23)19(25)21-11-6-18(24)22-15-16-4-9-20-10-5-16/h4-5,9-10,17H,2-3,6-8,11-15H2,1H3,(H,21,25)(H,22,24). The van der Waals surface area contributed by atoms with Gasteiger partial charge in [0.25, 0.3) is 0 Å². The third kappa shape index (κ3) is 7.20. The smallest absolute Gasteiger partial charge is 0.223 e. The van der Waals surface area contributed by atoms with E-state index < -0.39 is 10.0 Å². The van der Waals surface area contributed by atoms with Crippen molar-refractivity contribution in [2.75, 3.05) is 25.4 Å². The van der Waals surface area contributed by atoms with Crippen molar-refractivity contribution in [3.63, 3.8) is 0 Å². The van der Waals surface area contributed by atoms with E-state index in [0.29, 0.717) is 38.9 Å². The van der Waals surface area contributed by atoms with Crippen LogP contribution in [0.4, 0.5) is 0 Å². The van der Waals surface area contributed by atoms with E-state index in [-0.39, 0.29) is 36.5 Å². The van der Waals surface area contributed by atoms with Gasteiger partial charge in [-0.3, -0.25) is 14.6 Å². The third-order valence-corrected chi connectivity index (χ3v) is 6.82. The molecule has 156 valence electrons. The van der Waals surface area contributed by atoms with E-state index in [0.717, 1.165) is 12.0 Å². The van der Waals surface area contributed by atoms with Crippen LogP contribution >= 0.6 is 0 Å². The van der Waals surface area contributed by atoms with Gasteiger partial charge in [-0.25, -0.2) is 12.7 Å². The molecule has 0 atom stereocenters. The summed E-state index contributed by atoms with van der Waals surface area (Å²) in [4.78, 5) is 28.1. The normalized spacial score (nSPS) is 15.9. The van der Waals surface area contributed by atoms with E-state index in [1.54, 1.807) is 12.4 Å². The van der Waals surface area contributed by atoms with Crippen LogP contribution in [0.1, 0.15) is 44.6 Å². The van der Waals surface area contributed by atoms with Crippen molar-refractivity contribution in [1.82, 2.24) is 19.9 Å². The molecule has 2 N–H and O–H groups in total. The Morgan fingerprint density at radius 1 is 1.18 bits per heavy atom. The molecule has 1 aliphatic heterocycles. The molecule has 9 heteroatoms. The molecule has 0 aliphatic carbocycles. The lowest BCUT2D eigenvalue weighted by Gasteiger charge is -2.30. The zero-order valence-electron chi connectivity index (χ0n) is 16.4. The van der Waals surface area contributed by atoms with Crippen molar-refractivity contribution in [3.05, 3.63) is 30.1 Å². The number of amides is 2. The van der Waals surface area contributed by atoms with Crippen LogP contribution in [0.25, 0.3) is 0 Å². The summed E-state index contributed by atoms with van der Waals surface area (Å²) in [6.45, 7) is 3.44. The van der Waals surface area contributed by atoms with Crippen LogP contribution in [0.15, 0.2) is 24.5 Å². The fraction of sp³-hybridized carbons (Fsp3) is 0.632. The first kappa shape index (κ1) is 22.3. The molecule has 1 aromatic heterocycles. The highest BCUT2D eigenvalue weighted by Gasteiger charge is 2.30. The van der Waals surface area contributed by atoms with Crippen LogP contribution in [0.5, 0.6) is 0 Å². The van der Waals surface area contributed by atoms with Crippen LogP contribution in [0, 0.1) is 5.92 Å². The minimum absolute atomic E-state index is 0.104. The van der Waals surface area contributed by atoms with Gasteiger partial charge in [-0.05, 0) is 37.0 Å². The summed E-state index contributed by atoms with van der Waals surface area (Å²) in [5.41, 5.74) is 0.966. The first-order chi connectivity index (χ1) is 13.4. The summed E-state index contributed by atoms with van der Waals surface area (Å²) in [6, 6.07) is 3.66. The van der Waals surface area contributed by atoms with Gasteiger partial charge in [-0.2, -0.15) is 0 Å². The Balaban J connectivity index is 1.64. The Morgan fingerprint density at radius 3 is 2.50 bits per heavy atom. The molecule has 1 fully saturated rings. The van der Waals surface area contributed by atoms with Gasteiger partial charge in [0.2, 0.25) is 21.8 Å². The van der Waals surface area contributed by atoms with Crippen molar-refractivity contribution in [1.29, 1.82) is 0 Å². The van der Waals surface area contributed by atoms with Gasteiger partial charge in [-0.15, -0.1) is 0 Å². The molecular formula is C19H30N4O4S. The molecule has 0 bridgehead atoms. The van der Waals surface area contributed by atoms with Gasteiger partial charge in [0, 0.05) is 50.9 Å². The first-order valence-corrected chi connectivity index (χ1v) is 11.4. The van der Waals surface area contributed by atoms with Crippen LogP contribution in [0.2, 0.25) is 0 Å². The van der Waals surface area contributed by atoms with Crippen molar-refractivity contribution >= 4 is 21.8 Å². The van der Waals surface area contributed by atoms with Gasteiger partial charge in [-0.1, -0.05) is 13.3 Å². The molecule has 1 saturated heterocycles. The summed E-state index contributed by atoms with van der Waals surface area (Å²) in [5, 5.41) is 5.59. The van der Waals surface area contributed by atoms with Crippen LogP contribution < -0.4 is 10.6 Å². The van der Waals surface area contributed by atoms with Crippen LogP contribution in [0.3, 0.4) is 0 Å². The average molecular weight is 411 g/mol. The van der Waals surface area contributed by atoms with Crippen molar-refractivity contribution in [2.24, 2.45) is 5.92 Å². The highest BCUT2D eigenvalue weighted by molar-refractivity contribution is 7.89. The Hall–Kier alpha value is -2.00. The molecule has 28 heavy (non-hydrogen) atoms. The Kier molecular flexibility index (Phi) is 8.85. The zero-order chi connectivity index (χ0) is 20.4. The minimum atomic E-state index is -3.21. The quantitative estimate of drug-likeness (QED) is 0.599. The molecule has 2 heterocycles. The number of pyridine rings is 1. The number of piperidine rings is 1. The number of aromatic nitrogens is 1. The topological polar surface area (TPSA) is 108 Å². The monoisotopic (exact) mass is 410 g/mol. The molecule has 0 unspecified atom stereocenters. The molecule has 0 radical (unpaired) electrons. The highest BCUT2D eigenvalue weighted by atomic mass is 32.2. The molecule has 2 rings (SSSR count). The molecule has 1 aliphatic rings. The lowest BCUT2D eigenvalue weighted by atomic mass is 9.97. The summed E-state index contributed by atoms with van der Waals surface area (Å²) < 4.78 is 25.9. The molecule has 1 aromatic rings. The van der Waals surface area contributed by atoms with E-state index in [1.807, 2.05) is 19.1 Å². The number of carbonyl (C=O) groups is 2. The molecular weight excluding hydrogens is 380 g/mol. The second-order valence-electron chi connectivity index (χ2n) is 7.02. The molecule has 8 nitrogen and oxygen atoms in total. The predicted molar refractivity (Wildman–Crippen MR) is 107 cm³/mol. The summed E-state index contributed by atoms with van der Waals surface area (Å²) in [5.74, 6) is -0.256. The van der Waals surface area contributed by atoms with Crippen molar-refractivity contribution in [2.45, 2.75) is 45.6 Å². The molecule has 0 saturated carbocycles. The van der Waals surface area contributed by atoms with Crippen LogP contribution in [-0.2, 0) is 26.2 Å². The van der Waals surface area contributed by atoms with E-state index in [4.69, 9.17) is 0 Å². The summed E-state index contributed by atoms with van der Waals surface area (Å²) in [6.07, 6.45) is 6.09. The minimum Gasteiger partial charge on any atom is -0.355 e. The van der Waals surface area contributed by atoms with Crippen molar-refractivity contribution in [3.8, 4) is 0 Å². The fourth-order valence-corrected chi connectivity index (χ4v) is 4.76. The second-order valence-corrected chi connectivity index (χ2v) is 9.10. The Labute approximate surface area is 167 Å². The van der Waals surface area contributed by atoms with Gasteiger partial charge >= 0.3 is 0 Å². The Morgan fingerprint density at radius 2 is 1.86 bits per heavy atom. The fourth-order valence-electron chi connectivity index (χ4n) is 3.09. The van der Waals surface area contributed by atoms with Gasteiger partial charge < -0.3 is 10.6 Å². The number of nitrogens with zero attached hydrogens (tertiary/aromatic N) is 2. The average Bonchev–Trinajstić information content (AvgIpc) is 2.71. The maximum atomic E-state index is 12.3. The number of hydrogen-bond acceptors (Lipinski definition) is 5. The number of unbranched alkanes of at least 4 members (excludes halogenated alkanes) is 1. The van der Waals surface area contributed by atoms with E-state index in [9.17, 15) is 18.0 Å². The molecule has 0 spiro atoms. The largest absolute Gasteiger partial charge is 0.355 e. The molecule has 2 amide bonds. The van der Waals surface area contributed by atoms with Crippen LogP contribution in [-0.4, -0.2) is 54.9 Å². The van der Waals surface area contributed by atoms with Gasteiger partial charge in [0.1, 0.15) is 0 Å². The van der Waals surface area contributed by atoms with E-state index in [1.165, 1.54) is 4.31 Å². The molecule has 0 aromatic carbocycles. The van der Waals surface area contributed by atoms with E-state index >= 15 is 0 Å². The number of hydrogen-bond donors (Lipinski definition) is 2. The first-order valence-electron chi connectivity index (χ1n) is 9.83. The number of nitrogens with one attached hydrogen (secondary N) is 2. The SMILES string of the molecule is CCCCS(=O)(=O)N1CCC(C(=O)NCCC(=O)NCc2ccncc2)CC1. The predicted octanol–water partition coefficient (Wildman–Crippen LogP) is 1.05. The van der Waals surface area contributed by atoms with E-state index in [2.05, 4.69) is 15.6 Å².